The number of hydrogen-bond donors (Lipinski definition) is 1. The molecule has 0 aliphatic rings. The maximum atomic E-state index is 12.5. The summed E-state index contributed by atoms with van der Waals surface area (Å²) in [6, 6.07) is 19.5. The molecular weight excluding hydrogens is 344 g/mol. The molecule has 27 heavy (non-hydrogen) atoms. The van der Waals surface area contributed by atoms with E-state index in [-0.39, 0.29) is 11.7 Å². The highest BCUT2D eigenvalue weighted by Crippen LogP contribution is 2.25. The van der Waals surface area contributed by atoms with Crippen LogP contribution in [-0.2, 0) is 11.4 Å². The highest BCUT2D eigenvalue weighted by Gasteiger charge is 2.12. The number of esters is 1. The van der Waals surface area contributed by atoms with Crippen molar-refractivity contribution in [1.82, 2.24) is 4.98 Å². The maximum Gasteiger partial charge on any atom is 0.308 e. The van der Waals surface area contributed by atoms with E-state index in [2.05, 4.69) is 10.3 Å². The molecule has 6 nitrogen and oxygen atoms in total. The molecule has 0 aliphatic heterocycles. The Morgan fingerprint density at radius 3 is 2.41 bits per heavy atom. The lowest BCUT2D eigenvalue weighted by molar-refractivity contribution is -0.131. The van der Waals surface area contributed by atoms with Crippen LogP contribution in [0, 0.1) is 0 Å². The van der Waals surface area contributed by atoms with Crippen molar-refractivity contribution in [3.8, 4) is 11.5 Å². The first kappa shape index (κ1) is 18.1. The van der Waals surface area contributed by atoms with Crippen LogP contribution in [0.15, 0.2) is 72.9 Å². The first-order valence-electron chi connectivity index (χ1n) is 8.33. The molecule has 6 heteroatoms. The van der Waals surface area contributed by atoms with E-state index in [0.717, 1.165) is 5.56 Å². The minimum atomic E-state index is -0.480. The summed E-state index contributed by atoms with van der Waals surface area (Å²) in [5, 5.41) is 2.69. The molecular formula is C21H18N2O4. The molecule has 0 fully saturated rings. The number of anilines is 1. The Hall–Kier alpha value is -3.67. The summed E-state index contributed by atoms with van der Waals surface area (Å²) >= 11 is 0. The third-order valence-electron chi connectivity index (χ3n) is 3.56. The summed E-state index contributed by atoms with van der Waals surface area (Å²) in [7, 11) is 0. The van der Waals surface area contributed by atoms with Gasteiger partial charge in [-0.3, -0.25) is 9.59 Å². The minimum Gasteiger partial charge on any atom is -0.489 e. The molecule has 0 spiro atoms. The van der Waals surface area contributed by atoms with E-state index in [4.69, 9.17) is 9.47 Å². The molecule has 2 aromatic carbocycles. The number of benzene rings is 2. The molecule has 0 saturated carbocycles. The van der Waals surface area contributed by atoms with E-state index in [1.807, 2.05) is 30.3 Å². The Labute approximate surface area is 156 Å². The quantitative estimate of drug-likeness (QED) is 0.532. The fourth-order valence-electron chi connectivity index (χ4n) is 2.38. The van der Waals surface area contributed by atoms with Gasteiger partial charge in [-0.05, 0) is 29.8 Å². The topological polar surface area (TPSA) is 77.5 Å². The van der Waals surface area contributed by atoms with Crippen molar-refractivity contribution in [2.24, 2.45) is 0 Å². The Kier molecular flexibility index (Phi) is 5.79. The third-order valence-corrected chi connectivity index (χ3v) is 3.56. The lowest BCUT2D eigenvalue weighted by Gasteiger charge is -2.11. The molecule has 1 aromatic heterocycles. The van der Waals surface area contributed by atoms with Gasteiger partial charge in [-0.25, -0.2) is 4.98 Å². The van der Waals surface area contributed by atoms with Crippen LogP contribution < -0.4 is 14.8 Å². The second-order valence-corrected chi connectivity index (χ2v) is 5.73. The normalized spacial score (nSPS) is 10.1. The SMILES string of the molecule is CC(=O)Oc1cc(OCc2ccccc2)cc(C(=O)Nc2ccccn2)c1. The summed E-state index contributed by atoms with van der Waals surface area (Å²) in [4.78, 5) is 27.9. The number of aromatic nitrogens is 1. The van der Waals surface area contributed by atoms with Gasteiger partial charge in [0, 0.05) is 24.8 Å². The zero-order valence-electron chi connectivity index (χ0n) is 14.7. The number of ether oxygens (including phenoxy) is 2. The largest absolute Gasteiger partial charge is 0.489 e. The summed E-state index contributed by atoms with van der Waals surface area (Å²) in [6.45, 7) is 1.62. The number of amides is 1. The summed E-state index contributed by atoms with van der Waals surface area (Å²) in [5.74, 6) is 0.216. The second-order valence-electron chi connectivity index (χ2n) is 5.73. The fourth-order valence-corrected chi connectivity index (χ4v) is 2.38. The van der Waals surface area contributed by atoms with Crippen molar-refractivity contribution in [3.05, 3.63) is 84.1 Å². The molecule has 136 valence electrons. The molecule has 0 aliphatic carbocycles. The number of rotatable bonds is 6. The lowest BCUT2D eigenvalue weighted by Crippen LogP contribution is -2.13. The first-order valence-corrected chi connectivity index (χ1v) is 8.33. The Morgan fingerprint density at radius 1 is 0.963 bits per heavy atom. The van der Waals surface area contributed by atoms with Crippen molar-refractivity contribution in [3.63, 3.8) is 0 Å². The number of nitrogens with zero attached hydrogens (tertiary/aromatic N) is 1. The zero-order valence-corrected chi connectivity index (χ0v) is 14.7. The smallest absolute Gasteiger partial charge is 0.308 e. The van der Waals surface area contributed by atoms with Crippen LogP contribution in [0.2, 0.25) is 0 Å². The molecule has 0 bridgehead atoms. The van der Waals surface area contributed by atoms with Crippen molar-refractivity contribution in [2.45, 2.75) is 13.5 Å². The van der Waals surface area contributed by atoms with Crippen LogP contribution in [0.5, 0.6) is 11.5 Å². The number of pyridine rings is 1. The number of carbonyl (C=O) groups excluding carboxylic acids is 2. The molecule has 0 unspecified atom stereocenters. The first-order chi connectivity index (χ1) is 13.1. The van der Waals surface area contributed by atoms with Gasteiger partial charge in [0.2, 0.25) is 0 Å². The van der Waals surface area contributed by atoms with Gasteiger partial charge < -0.3 is 14.8 Å². The Bertz CT molecular complexity index is 927. The second kappa shape index (κ2) is 8.62. The van der Waals surface area contributed by atoms with Crippen LogP contribution >= 0.6 is 0 Å². The van der Waals surface area contributed by atoms with Crippen molar-refractivity contribution < 1.29 is 19.1 Å². The molecule has 0 atom stereocenters. The highest BCUT2D eigenvalue weighted by atomic mass is 16.5. The van der Waals surface area contributed by atoms with Crippen LogP contribution in [0.4, 0.5) is 5.82 Å². The molecule has 0 saturated heterocycles. The minimum absolute atomic E-state index is 0.235. The Balaban J connectivity index is 1.81. The predicted octanol–water partition coefficient (Wildman–Crippen LogP) is 3.84. The van der Waals surface area contributed by atoms with Crippen LogP contribution in [0.3, 0.4) is 0 Å². The van der Waals surface area contributed by atoms with E-state index in [1.54, 1.807) is 36.5 Å². The lowest BCUT2D eigenvalue weighted by atomic mass is 10.2. The molecule has 1 amide bonds. The van der Waals surface area contributed by atoms with Gasteiger partial charge in [-0.2, -0.15) is 0 Å². The number of nitrogens with one attached hydrogen (secondary N) is 1. The van der Waals surface area contributed by atoms with Gasteiger partial charge in [0.15, 0.2) is 0 Å². The molecule has 1 N–H and O–H groups in total. The molecule has 3 rings (SSSR count). The number of hydrogen-bond acceptors (Lipinski definition) is 5. The van der Waals surface area contributed by atoms with Crippen molar-refractivity contribution in [2.75, 3.05) is 5.32 Å². The number of carbonyl (C=O) groups is 2. The average Bonchev–Trinajstić information content (AvgIpc) is 2.67. The summed E-state index contributed by atoms with van der Waals surface area (Å²) < 4.78 is 10.9. The van der Waals surface area contributed by atoms with E-state index < -0.39 is 5.97 Å². The fraction of sp³-hybridized carbons (Fsp3) is 0.0952. The molecule has 1 heterocycles. The van der Waals surface area contributed by atoms with Gasteiger partial charge in [-0.15, -0.1) is 0 Å². The Morgan fingerprint density at radius 2 is 1.70 bits per heavy atom. The van der Waals surface area contributed by atoms with Gasteiger partial charge in [0.25, 0.3) is 5.91 Å². The van der Waals surface area contributed by atoms with E-state index >= 15 is 0 Å². The van der Waals surface area contributed by atoms with Gasteiger partial charge in [0.1, 0.15) is 23.9 Å². The summed E-state index contributed by atoms with van der Waals surface area (Å²) in [5.41, 5.74) is 1.28. The van der Waals surface area contributed by atoms with Crippen LogP contribution in [-0.4, -0.2) is 16.9 Å². The third kappa shape index (κ3) is 5.40. The molecule has 3 aromatic rings. The van der Waals surface area contributed by atoms with Gasteiger partial charge in [0.05, 0.1) is 0 Å². The predicted molar refractivity (Wildman–Crippen MR) is 101 cm³/mol. The highest BCUT2D eigenvalue weighted by molar-refractivity contribution is 6.04. The van der Waals surface area contributed by atoms with Gasteiger partial charge in [-0.1, -0.05) is 36.4 Å². The van der Waals surface area contributed by atoms with Crippen LogP contribution in [0.25, 0.3) is 0 Å². The molecule has 0 radical (unpaired) electrons. The van der Waals surface area contributed by atoms with E-state index in [0.29, 0.717) is 23.7 Å². The van der Waals surface area contributed by atoms with Crippen LogP contribution in [0.1, 0.15) is 22.8 Å². The standard InChI is InChI=1S/C21H18N2O4/c1-15(24)27-19-12-17(21(25)23-20-9-5-6-10-22-20)11-18(13-19)26-14-16-7-3-2-4-8-16/h2-13H,14H2,1H3,(H,22,23,25). The maximum absolute atomic E-state index is 12.5. The van der Waals surface area contributed by atoms with E-state index in [9.17, 15) is 9.59 Å². The average molecular weight is 362 g/mol. The summed E-state index contributed by atoms with van der Waals surface area (Å²) in [6.07, 6.45) is 1.58. The van der Waals surface area contributed by atoms with E-state index in [1.165, 1.54) is 13.0 Å². The van der Waals surface area contributed by atoms with Gasteiger partial charge >= 0.3 is 5.97 Å². The van der Waals surface area contributed by atoms with Crippen molar-refractivity contribution >= 4 is 17.7 Å². The zero-order chi connectivity index (χ0) is 19.1. The van der Waals surface area contributed by atoms with Crippen molar-refractivity contribution in [1.29, 1.82) is 0 Å². The monoisotopic (exact) mass is 362 g/mol.